The number of benzene rings is 1. The highest BCUT2D eigenvalue weighted by Gasteiger charge is 2.21. The van der Waals surface area contributed by atoms with E-state index in [-0.39, 0.29) is 11.9 Å². The Labute approximate surface area is 103 Å². The molecular weight excluding hydrogens is 212 g/mol. The van der Waals surface area contributed by atoms with Crippen LogP contribution in [-0.2, 0) is 17.9 Å². The Hall–Kier alpha value is -1.35. The van der Waals surface area contributed by atoms with E-state index < -0.39 is 0 Å². The minimum atomic E-state index is 0.122. The van der Waals surface area contributed by atoms with Crippen LogP contribution >= 0.6 is 0 Å². The van der Waals surface area contributed by atoms with Gasteiger partial charge in [0.2, 0.25) is 5.91 Å². The lowest BCUT2D eigenvalue weighted by atomic mass is 9.99. The van der Waals surface area contributed by atoms with Crippen molar-refractivity contribution in [1.29, 1.82) is 0 Å². The number of carbonyl (C=O) groups excluding carboxylic acids is 1. The maximum absolute atomic E-state index is 11.3. The zero-order chi connectivity index (χ0) is 12.4. The average Bonchev–Trinajstić information content (AvgIpc) is 2.71. The summed E-state index contributed by atoms with van der Waals surface area (Å²) in [5, 5.41) is 0. The quantitative estimate of drug-likeness (QED) is 0.869. The van der Waals surface area contributed by atoms with Gasteiger partial charge in [0, 0.05) is 26.1 Å². The molecule has 0 radical (unpaired) electrons. The van der Waals surface area contributed by atoms with Gasteiger partial charge in [-0.25, -0.2) is 0 Å². The monoisotopic (exact) mass is 232 g/mol. The number of rotatable bonds is 3. The summed E-state index contributed by atoms with van der Waals surface area (Å²) in [5.74, 6) is 0.139. The van der Waals surface area contributed by atoms with Crippen LogP contribution < -0.4 is 5.73 Å². The molecule has 1 atom stereocenters. The van der Waals surface area contributed by atoms with Crippen molar-refractivity contribution in [3.63, 3.8) is 0 Å². The van der Waals surface area contributed by atoms with Crippen LogP contribution in [0.3, 0.4) is 0 Å². The first-order chi connectivity index (χ1) is 8.11. The third-order valence-corrected chi connectivity index (χ3v) is 3.43. The average molecular weight is 232 g/mol. The van der Waals surface area contributed by atoms with Gasteiger partial charge in [-0.2, -0.15) is 0 Å². The highest BCUT2D eigenvalue weighted by molar-refractivity contribution is 5.74. The van der Waals surface area contributed by atoms with E-state index in [1.165, 1.54) is 16.7 Å². The third kappa shape index (κ3) is 2.50. The fourth-order valence-electron chi connectivity index (χ4n) is 2.35. The molecule has 1 aliphatic heterocycles. The molecule has 0 bridgehead atoms. The Morgan fingerprint density at radius 1 is 1.41 bits per heavy atom. The summed E-state index contributed by atoms with van der Waals surface area (Å²) >= 11 is 0. The van der Waals surface area contributed by atoms with Crippen molar-refractivity contribution in [3.8, 4) is 0 Å². The minimum Gasteiger partial charge on any atom is -0.334 e. The smallest absolute Gasteiger partial charge is 0.220 e. The molecule has 1 aliphatic rings. The van der Waals surface area contributed by atoms with Gasteiger partial charge in [-0.15, -0.1) is 0 Å². The van der Waals surface area contributed by atoms with Crippen molar-refractivity contribution >= 4 is 5.91 Å². The standard InChI is InChI=1S/C14H20N2O/c1-3-4-14(15)11-5-6-12-8-16(10(2)17)9-13(12)7-11/h5-7,14H,3-4,8-9,15H2,1-2H3. The van der Waals surface area contributed by atoms with Gasteiger partial charge < -0.3 is 10.6 Å². The molecule has 3 nitrogen and oxygen atoms in total. The summed E-state index contributed by atoms with van der Waals surface area (Å²) in [7, 11) is 0. The second kappa shape index (κ2) is 4.88. The largest absolute Gasteiger partial charge is 0.334 e. The van der Waals surface area contributed by atoms with E-state index in [0.717, 1.165) is 25.9 Å². The van der Waals surface area contributed by atoms with E-state index in [1.807, 2.05) is 4.90 Å². The maximum atomic E-state index is 11.3. The van der Waals surface area contributed by atoms with Crippen molar-refractivity contribution < 1.29 is 4.79 Å². The lowest BCUT2D eigenvalue weighted by molar-refractivity contribution is -0.129. The van der Waals surface area contributed by atoms with E-state index >= 15 is 0 Å². The molecular formula is C14H20N2O. The molecule has 0 saturated carbocycles. The van der Waals surface area contributed by atoms with Gasteiger partial charge in [0.25, 0.3) is 0 Å². The summed E-state index contributed by atoms with van der Waals surface area (Å²) < 4.78 is 0. The maximum Gasteiger partial charge on any atom is 0.220 e. The van der Waals surface area contributed by atoms with Crippen molar-refractivity contribution in [2.24, 2.45) is 5.73 Å². The number of hydrogen-bond donors (Lipinski definition) is 1. The van der Waals surface area contributed by atoms with Gasteiger partial charge in [-0.3, -0.25) is 4.79 Å². The molecule has 0 aliphatic carbocycles. The van der Waals surface area contributed by atoms with E-state index in [0.29, 0.717) is 0 Å². The second-order valence-electron chi connectivity index (χ2n) is 4.80. The molecule has 92 valence electrons. The molecule has 1 aromatic rings. The zero-order valence-corrected chi connectivity index (χ0v) is 10.6. The van der Waals surface area contributed by atoms with Gasteiger partial charge in [0.15, 0.2) is 0 Å². The number of hydrogen-bond acceptors (Lipinski definition) is 2. The predicted molar refractivity (Wildman–Crippen MR) is 68.2 cm³/mol. The summed E-state index contributed by atoms with van der Waals surface area (Å²) in [6.07, 6.45) is 2.10. The fraction of sp³-hybridized carbons (Fsp3) is 0.500. The molecule has 1 amide bonds. The summed E-state index contributed by atoms with van der Waals surface area (Å²) in [4.78, 5) is 13.2. The van der Waals surface area contributed by atoms with Crippen molar-refractivity contribution in [1.82, 2.24) is 4.90 Å². The first-order valence-electron chi connectivity index (χ1n) is 6.24. The third-order valence-electron chi connectivity index (χ3n) is 3.43. The summed E-state index contributed by atoms with van der Waals surface area (Å²) in [6.45, 7) is 5.24. The van der Waals surface area contributed by atoms with E-state index in [2.05, 4.69) is 25.1 Å². The SMILES string of the molecule is CCCC(N)c1ccc2c(c1)CN(C(C)=O)C2. The molecule has 1 aromatic carbocycles. The van der Waals surface area contributed by atoms with Gasteiger partial charge in [0.05, 0.1) is 0 Å². The Balaban J connectivity index is 2.17. The van der Waals surface area contributed by atoms with Gasteiger partial charge in [-0.1, -0.05) is 31.5 Å². The summed E-state index contributed by atoms with van der Waals surface area (Å²) in [6, 6.07) is 6.50. The number of fused-ring (bicyclic) bond motifs is 1. The highest BCUT2D eigenvalue weighted by Crippen LogP contribution is 2.26. The molecule has 3 heteroatoms. The van der Waals surface area contributed by atoms with Crippen molar-refractivity contribution in [3.05, 3.63) is 34.9 Å². The van der Waals surface area contributed by atoms with Crippen LogP contribution in [0.4, 0.5) is 0 Å². The molecule has 0 saturated heterocycles. The van der Waals surface area contributed by atoms with Crippen molar-refractivity contribution in [2.75, 3.05) is 0 Å². The number of amides is 1. The topological polar surface area (TPSA) is 46.3 Å². The highest BCUT2D eigenvalue weighted by atomic mass is 16.2. The lowest BCUT2D eigenvalue weighted by Gasteiger charge is -2.12. The normalized spacial score (nSPS) is 15.8. The van der Waals surface area contributed by atoms with E-state index in [4.69, 9.17) is 5.73 Å². The van der Waals surface area contributed by atoms with Crippen LogP contribution in [0.25, 0.3) is 0 Å². The van der Waals surface area contributed by atoms with Crippen LogP contribution in [0.1, 0.15) is 49.4 Å². The first-order valence-corrected chi connectivity index (χ1v) is 6.24. The Morgan fingerprint density at radius 2 is 2.12 bits per heavy atom. The Morgan fingerprint density at radius 3 is 2.76 bits per heavy atom. The van der Waals surface area contributed by atoms with Crippen LogP contribution in [0.15, 0.2) is 18.2 Å². The van der Waals surface area contributed by atoms with Crippen molar-refractivity contribution in [2.45, 2.75) is 45.8 Å². The van der Waals surface area contributed by atoms with Crippen LogP contribution in [0.5, 0.6) is 0 Å². The molecule has 17 heavy (non-hydrogen) atoms. The van der Waals surface area contributed by atoms with Gasteiger partial charge >= 0.3 is 0 Å². The fourth-order valence-corrected chi connectivity index (χ4v) is 2.35. The van der Waals surface area contributed by atoms with Gasteiger partial charge in [0.1, 0.15) is 0 Å². The Kier molecular flexibility index (Phi) is 3.48. The van der Waals surface area contributed by atoms with Crippen LogP contribution in [-0.4, -0.2) is 10.8 Å². The minimum absolute atomic E-state index is 0.122. The molecule has 1 heterocycles. The first kappa shape index (κ1) is 12.1. The molecule has 1 unspecified atom stereocenters. The molecule has 0 spiro atoms. The molecule has 0 fully saturated rings. The van der Waals surface area contributed by atoms with E-state index in [1.54, 1.807) is 6.92 Å². The van der Waals surface area contributed by atoms with Crippen LogP contribution in [0.2, 0.25) is 0 Å². The molecule has 2 N–H and O–H groups in total. The molecule has 0 aromatic heterocycles. The predicted octanol–water partition coefficient (Wildman–Crippen LogP) is 2.35. The number of carbonyl (C=O) groups is 1. The number of nitrogens with two attached hydrogens (primary N) is 1. The van der Waals surface area contributed by atoms with Gasteiger partial charge in [-0.05, 0) is 23.1 Å². The lowest BCUT2D eigenvalue weighted by Crippen LogP contribution is -2.21. The number of nitrogens with zero attached hydrogens (tertiary/aromatic N) is 1. The Bertz CT molecular complexity index is 428. The second-order valence-corrected chi connectivity index (χ2v) is 4.80. The van der Waals surface area contributed by atoms with E-state index in [9.17, 15) is 4.79 Å². The van der Waals surface area contributed by atoms with Crippen LogP contribution in [0, 0.1) is 0 Å². The summed E-state index contributed by atoms with van der Waals surface area (Å²) in [5.41, 5.74) is 9.82. The molecule has 2 rings (SSSR count). The zero-order valence-electron chi connectivity index (χ0n) is 10.6.